The van der Waals surface area contributed by atoms with Crippen LogP contribution < -0.4 is 15.9 Å². The SMILES string of the molecule is CCCOc1ccc(-c2c(C(=O)N/N=C(/C)c3cccc4ccccc34)nnn2-c2nonc2N)cc1. The van der Waals surface area contributed by atoms with Gasteiger partial charge in [-0.15, -0.1) is 5.10 Å². The fraction of sp³-hybridized carbons (Fsp3) is 0.154. The summed E-state index contributed by atoms with van der Waals surface area (Å²) in [5.74, 6) is 0.268. The van der Waals surface area contributed by atoms with E-state index < -0.39 is 5.91 Å². The number of anilines is 1. The Morgan fingerprint density at radius 3 is 2.62 bits per heavy atom. The maximum absolute atomic E-state index is 13.3. The van der Waals surface area contributed by atoms with E-state index in [-0.39, 0.29) is 17.3 Å². The molecule has 5 aromatic rings. The molecular formula is C26H24N8O3. The Morgan fingerprint density at radius 1 is 1.08 bits per heavy atom. The summed E-state index contributed by atoms with van der Waals surface area (Å²) in [6.45, 7) is 4.46. The van der Waals surface area contributed by atoms with E-state index in [1.165, 1.54) is 4.68 Å². The van der Waals surface area contributed by atoms with Gasteiger partial charge in [-0.1, -0.05) is 54.6 Å². The van der Waals surface area contributed by atoms with Gasteiger partial charge in [-0.25, -0.2) is 10.1 Å². The number of hydrogen-bond acceptors (Lipinski definition) is 9. The highest BCUT2D eigenvalue weighted by molar-refractivity contribution is 6.10. The van der Waals surface area contributed by atoms with Gasteiger partial charge in [0, 0.05) is 11.1 Å². The Balaban J connectivity index is 1.49. The first-order chi connectivity index (χ1) is 18.1. The number of carbonyl (C=O) groups is 1. The van der Waals surface area contributed by atoms with Crippen LogP contribution in [0.1, 0.15) is 36.3 Å². The molecule has 0 radical (unpaired) electrons. The third-order valence-electron chi connectivity index (χ3n) is 5.69. The van der Waals surface area contributed by atoms with Crippen molar-refractivity contribution in [1.29, 1.82) is 0 Å². The number of nitrogens with one attached hydrogen (secondary N) is 1. The van der Waals surface area contributed by atoms with Gasteiger partial charge in [0.1, 0.15) is 11.4 Å². The molecule has 2 heterocycles. The van der Waals surface area contributed by atoms with Crippen molar-refractivity contribution in [1.82, 2.24) is 30.7 Å². The quantitative estimate of drug-likeness (QED) is 0.242. The summed E-state index contributed by atoms with van der Waals surface area (Å²) in [5.41, 5.74) is 11.1. The molecule has 2 aromatic heterocycles. The molecule has 0 fully saturated rings. The van der Waals surface area contributed by atoms with Gasteiger partial charge in [-0.2, -0.15) is 9.78 Å². The number of hydrogen-bond donors (Lipinski definition) is 2. The van der Waals surface area contributed by atoms with Gasteiger partial charge in [0.05, 0.1) is 12.3 Å². The molecular weight excluding hydrogens is 472 g/mol. The Morgan fingerprint density at radius 2 is 1.86 bits per heavy atom. The van der Waals surface area contributed by atoms with Gasteiger partial charge < -0.3 is 10.5 Å². The lowest BCUT2D eigenvalue weighted by molar-refractivity contribution is 0.0950. The van der Waals surface area contributed by atoms with E-state index in [0.717, 1.165) is 22.8 Å². The van der Waals surface area contributed by atoms with Gasteiger partial charge in [-0.3, -0.25) is 4.79 Å². The van der Waals surface area contributed by atoms with Crippen molar-refractivity contribution >= 4 is 28.2 Å². The van der Waals surface area contributed by atoms with Crippen molar-refractivity contribution in [3.05, 3.63) is 78.0 Å². The van der Waals surface area contributed by atoms with Crippen LogP contribution in [0.2, 0.25) is 0 Å². The van der Waals surface area contributed by atoms with Crippen LogP contribution in [0.5, 0.6) is 5.75 Å². The van der Waals surface area contributed by atoms with E-state index in [2.05, 4.69) is 31.2 Å². The summed E-state index contributed by atoms with van der Waals surface area (Å²) in [6.07, 6.45) is 0.889. The summed E-state index contributed by atoms with van der Waals surface area (Å²) in [6, 6.07) is 21.1. The van der Waals surface area contributed by atoms with Crippen LogP contribution in [0.15, 0.2) is 76.5 Å². The Labute approximate surface area is 211 Å². The molecule has 3 aromatic carbocycles. The van der Waals surface area contributed by atoms with Gasteiger partial charge in [0.2, 0.25) is 11.6 Å². The van der Waals surface area contributed by atoms with Crippen LogP contribution in [0.4, 0.5) is 5.82 Å². The first kappa shape index (κ1) is 23.7. The molecule has 37 heavy (non-hydrogen) atoms. The van der Waals surface area contributed by atoms with Crippen molar-refractivity contribution in [3.8, 4) is 22.8 Å². The second kappa shape index (κ2) is 10.3. The lowest BCUT2D eigenvalue weighted by atomic mass is 10.0. The fourth-order valence-corrected chi connectivity index (χ4v) is 3.90. The lowest BCUT2D eigenvalue weighted by Crippen LogP contribution is -2.21. The third-order valence-corrected chi connectivity index (χ3v) is 5.69. The molecule has 3 N–H and O–H groups in total. The largest absolute Gasteiger partial charge is 0.494 e. The molecule has 0 aliphatic rings. The number of carbonyl (C=O) groups excluding carboxylic acids is 1. The van der Waals surface area contributed by atoms with Crippen molar-refractivity contribution in [2.75, 3.05) is 12.3 Å². The van der Waals surface area contributed by atoms with Crippen molar-refractivity contribution in [2.45, 2.75) is 20.3 Å². The van der Waals surface area contributed by atoms with Crippen molar-refractivity contribution in [2.24, 2.45) is 5.10 Å². The Bertz CT molecular complexity index is 1580. The highest BCUT2D eigenvalue weighted by atomic mass is 16.6. The van der Waals surface area contributed by atoms with Crippen LogP contribution >= 0.6 is 0 Å². The van der Waals surface area contributed by atoms with Gasteiger partial charge in [0.25, 0.3) is 5.91 Å². The molecule has 0 saturated heterocycles. The minimum Gasteiger partial charge on any atom is -0.494 e. The van der Waals surface area contributed by atoms with Gasteiger partial charge in [0.15, 0.2) is 5.69 Å². The number of hydrazone groups is 1. The van der Waals surface area contributed by atoms with E-state index in [1.807, 2.05) is 56.3 Å². The summed E-state index contributed by atoms with van der Waals surface area (Å²) < 4.78 is 11.7. The molecule has 186 valence electrons. The van der Waals surface area contributed by atoms with Gasteiger partial charge in [-0.05, 0) is 58.7 Å². The number of fused-ring (bicyclic) bond motifs is 1. The standard InChI is InChI=1S/C26H24N8O3/c1-3-15-36-19-13-11-18(12-14-19)23-22(29-33-34(23)25-24(27)31-37-32-25)26(35)30-28-16(2)20-10-6-8-17-7-4-5-9-21(17)20/h4-14H,3,15H2,1-2H3,(H2,27,31)(H,30,35)/b28-16-. The number of aromatic nitrogens is 5. The molecule has 11 nitrogen and oxygen atoms in total. The maximum atomic E-state index is 13.3. The van der Waals surface area contributed by atoms with Gasteiger partial charge >= 0.3 is 0 Å². The molecule has 0 atom stereocenters. The number of benzene rings is 3. The van der Waals surface area contributed by atoms with E-state index >= 15 is 0 Å². The highest BCUT2D eigenvalue weighted by Gasteiger charge is 2.25. The first-order valence-electron chi connectivity index (χ1n) is 11.7. The second-order valence-corrected chi connectivity index (χ2v) is 8.21. The number of ether oxygens (including phenoxy) is 1. The summed E-state index contributed by atoms with van der Waals surface area (Å²) >= 11 is 0. The summed E-state index contributed by atoms with van der Waals surface area (Å²) in [7, 11) is 0. The van der Waals surface area contributed by atoms with E-state index in [1.54, 1.807) is 24.3 Å². The minimum absolute atomic E-state index is 0.00540. The zero-order valence-corrected chi connectivity index (χ0v) is 20.3. The summed E-state index contributed by atoms with van der Waals surface area (Å²) in [5, 5.41) is 22.1. The Kier molecular flexibility index (Phi) is 6.58. The predicted molar refractivity (Wildman–Crippen MR) is 138 cm³/mol. The number of amides is 1. The van der Waals surface area contributed by atoms with Crippen LogP contribution in [-0.2, 0) is 0 Å². The molecule has 0 bridgehead atoms. The first-order valence-corrected chi connectivity index (χ1v) is 11.7. The average Bonchev–Trinajstić information content (AvgIpc) is 3.56. The second-order valence-electron chi connectivity index (χ2n) is 8.21. The monoisotopic (exact) mass is 496 g/mol. The van der Waals surface area contributed by atoms with Crippen LogP contribution in [-0.4, -0.2) is 43.5 Å². The highest BCUT2D eigenvalue weighted by Crippen LogP contribution is 2.28. The lowest BCUT2D eigenvalue weighted by Gasteiger charge is -2.09. The fourth-order valence-electron chi connectivity index (χ4n) is 3.90. The molecule has 1 amide bonds. The molecule has 0 aliphatic carbocycles. The average molecular weight is 497 g/mol. The maximum Gasteiger partial charge on any atom is 0.294 e. The van der Waals surface area contributed by atoms with Crippen molar-refractivity contribution in [3.63, 3.8) is 0 Å². The van der Waals surface area contributed by atoms with E-state index in [9.17, 15) is 4.79 Å². The number of rotatable bonds is 8. The molecule has 0 unspecified atom stereocenters. The van der Waals surface area contributed by atoms with Crippen LogP contribution in [0.25, 0.3) is 27.8 Å². The van der Waals surface area contributed by atoms with Crippen LogP contribution in [0.3, 0.4) is 0 Å². The topological polar surface area (TPSA) is 146 Å². The third kappa shape index (κ3) is 4.74. The minimum atomic E-state index is -0.554. The van der Waals surface area contributed by atoms with Crippen LogP contribution in [0, 0.1) is 0 Å². The zero-order chi connectivity index (χ0) is 25.8. The zero-order valence-electron chi connectivity index (χ0n) is 20.3. The number of nitrogen functional groups attached to an aromatic ring is 1. The molecule has 0 spiro atoms. The van der Waals surface area contributed by atoms with E-state index in [4.69, 9.17) is 15.1 Å². The number of nitrogens with zero attached hydrogens (tertiary/aromatic N) is 6. The molecule has 0 aliphatic heterocycles. The van der Waals surface area contributed by atoms with E-state index in [0.29, 0.717) is 29.3 Å². The molecule has 5 rings (SSSR count). The summed E-state index contributed by atoms with van der Waals surface area (Å²) in [4.78, 5) is 13.3. The van der Waals surface area contributed by atoms with Crippen molar-refractivity contribution < 1.29 is 14.2 Å². The number of nitrogens with two attached hydrogens (primary N) is 1. The Hall–Kier alpha value is -5.06. The molecule has 11 heteroatoms. The predicted octanol–water partition coefficient (Wildman–Crippen LogP) is 4.00. The normalized spacial score (nSPS) is 11.6. The molecule has 0 saturated carbocycles. The smallest absolute Gasteiger partial charge is 0.294 e.